The van der Waals surface area contributed by atoms with Crippen LogP contribution in [-0.4, -0.2) is 29.6 Å². The van der Waals surface area contributed by atoms with Crippen molar-refractivity contribution in [2.45, 2.75) is 26.9 Å². The zero-order valence-corrected chi connectivity index (χ0v) is 20.6. The predicted molar refractivity (Wildman–Crippen MR) is 142 cm³/mol. The summed E-state index contributed by atoms with van der Waals surface area (Å²) in [6.07, 6.45) is 1.54. The fraction of sp³-hybridized carbons (Fsp3) is 0.179. The molecule has 4 rings (SSSR count). The molecule has 1 heterocycles. The molecule has 2 amide bonds. The van der Waals surface area contributed by atoms with Crippen LogP contribution in [0.1, 0.15) is 26.3 Å². The molecule has 7 heteroatoms. The molecule has 6 nitrogen and oxygen atoms in total. The lowest BCUT2D eigenvalue weighted by atomic mass is 10.0. The highest BCUT2D eigenvalue weighted by Gasteiger charge is 2.41. The van der Waals surface area contributed by atoms with Crippen molar-refractivity contribution < 1.29 is 19.1 Å². The van der Waals surface area contributed by atoms with Crippen LogP contribution in [0.5, 0.6) is 11.5 Å². The largest absolute Gasteiger partial charge is 0.490 e. The number of hydrogen-bond donors (Lipinski definition) is 0. The quantitative estimate of drug-likeness (QED) is 0.246. The van der Waals surface area contributed by atoms with Gasteiger partial charge in [-0.3, -0.25) is 19.4 Å². The Labute approximate surface area is 210 Å². The highest BCUT2D eigenvalue weighted by molar-refractivity contribution is 7.81. The van der Waals surface area contributed by atoms with Gasteiger partial charge in [-0.2, -0.15) is 0 Å². The van der Waals surface area contributed by atoms with Crippen LogP contribution in [0.2, 0.25) is 0 Å². The molecule has 0 radical (unpaired) electrons. The third kappa shape index (κ3) is 5.10. The van der Waals surface area contributed by atoms with Crippen LogP contribution in [-0.2, 0) is 9.59 Å². The third-order valence-electron chi connectivity index (χ3n) is 5.22. The van der Waals surface area contributed by atoms with E-state index in [2.05, 4.69) is 0 Å². The fourth-order valence-corrected chi connectivity index (χ4v) is 4.12. The Hall–Kier alpha value is -3.97. The molecule has 3 aromatic rings. The van der Waals surface area contributed by atoms with E-state index < -0.39 is 11.8 Å². The monoisotopic (exact) mass is 486 g/mol. The fourth-order valence-electron chi connectivity index (χ4n) is 3.74. The van der Waals surface area contributed by atoms with Gasteiger partial charge in [0.25, 0.3) is 11.8 Å². The second-order valence-corrected chi connectivity index (χ2v) is 8.46. The molecule has 1 saturated heterocycles. The molecule has 0 unspecified atom stereocenters. The number of carbonyl (C=O) groups excluding carboxylic acids is 2. The predicted octanol–water partition coefficient (Wildman–Crippen LogP) is 5.62. The molecular formula is C28H26N2O4S. The molecule has 0 atom stereocenters. The summed E-state index contributed by atoms with van der Waals surface area (Å²) >= 11 is 5.64. The van der Waals surface area contributed by atoms with E-state index in [4.69, 9.17) is 21.7 Å². The summed E-state index contributed by atoms with van der Waals surface area (Å²) in [6.45, 7) is 6.20. The van der Waals surface area contributed by atoms with Gasteiger partial charge in [0.1, 0.15) is 5.57 Å². The first kappa shape index (κ1) is 24.2. The molecule has 3 aromatic carbocycles. The number of nitrogens with zero attached hydrogens (tertiary/aromatic N) is 2. The zero-order valence-electron chi connectivity index (χ0n) is 19.8. The smallest absolute Gasteiger partial charge is 0.270 e. The van der Waals surface area contributed by atoms with E-state index in [-0.39, 0.29) is 16.8 Å². The van der Waals surface area contributed by atoms with Crippen molar-refractivity contribution in [3.63, 3.8) is 0 Å². The van der Waals surface area contributed by atoms with Gasteiger partial charge in [0.05, 0.1) is 24.1 Å². The first-order valence-electron chi connectivity index (χ1n) is 11.4. The lowest BCUT2D eigenvalue weighted by molar-refractivity contribution is -0.120. The average molecular weight is 487 g/mol. The summed E-state index contributed by atoms with van der Waals surface area (Å²) in [5.41, 5.74) is 1.79. The van der Waals surface area contributed by atoms with Gasteiger partial charge in [0, 0.05) is 0 Å². The lowest BCUT2D eigenvalue weighted by Crippen LogP contribution is -2.56. The van der Waals surface area contributed by atoms with Crippen LogP contribution in [0, 0.1) is 0 Å². The van der Waals surface area contributed by atoms with Crippen molar-refractivity contribution in [3.05, 3.63) is 90.0 Å². The molecule has 178 valence electrons. The molecule has 0 N–H and O–H groups in total. The normalized spacial score (nSPS) is 13.9. The molecule has 0 aromatic heterocycles. The van der Waals surface area contributed by atoms with Gasteiger partial charge < -0.3 is 9.47 Å². The van der Waals surface area contributed by atoms with Crippen molar-refractivity contribution in [1.29, 1.82) is 0 Å². The standard InChI is InChI=1S/C28H26N2O4S/c1-4-33-25-18-20(15-16-24(25)34-19(2)3)17-23-26(31)29(21-11-7-5-8-12-21)28(35)30(27(23)32)22-13-9-6-10-14-22/h5-19H,4H2,1-3H3. The minimum Gasteiger partial charge on any atom is -0.490 e. The van der Waals surface area contributed by atoms with Crippen molar-refractivity contribution in [2.75, 3.05) is 16.4 Å². The summed E-state index contributed by atoms with van der Waals surface area (Å²) in [7, 11) is 0. The SMILES string of the molecule is CCOc1cc(C=C2C(=O)N(c3ccccc3)C(=S)N(c3ccccc3)C2=O)ccc1OC(C)C. The van der Waals surface area contributed by atoms with Gasteiger partial charge >= 0.3 is 0 Å². The Morgan fingerprint density at radius 2 is 1.37 bits per heavy atom. The zero-order chi connectivity index (χ0) is 24.9. The van der Waals surface area contributed by atoms with E-state index in [1.807, 2.05) is 57.2 Å². The number of amides is 2. The Balaban J connectivity index is 1.82. The van der Waals surface area contributed by atoms with Gasteiger partial charge in [-0.05, 0) is 81.0 Å². The minimum atomic E-state index is -0.487. The number of rotatable bonds is 7. The number of hydrogen-bond acceptors (Lipinski definition) is 5. The van der Waals surface area contributed by atoms with E-state index >= 15 is 0 Å². The van der Waals surface area contributed by atoms with Crippen molar-refractivity contribution in [1.82, 2.24) is 0 Å². The number of ether oxygens (including phenoxy) is 2. The Bertz CT molecular complexity index is 1210. The lowest BCUT2D eigenvalue weighted by Gasteiger charge is -2.36. The summed E-state index contributed by atoms with van der Waals surface area (Å²) in [5.74, 6) is 0.169. The molecule has 35 heavy (non-hydrogen) atoms. The number of benzene rings is 3. The van der Waals surface area contributed by atoms with E-state index in [1.165, 1.54) is 9.80 Å². The van der Waals surface area contributed by atoms with Crippen LogP contribution in [0.4, 0.5) is 11.4 Å². The summed E-state index contributed by atoms with van der Waals surface area (Å²) in [4.78, 5) is 30.0. The molecular weight excluding hydrogens is 460 g/mol. The van der Waals surface area contributed by atoms with Gasteiger partial charge in [0.15, 0.2) is 16.6 Å². The summed E-state index contributed by atoms with van der Waals surface area (Å²) in [5, 5.41) is 0.102. The van der Waals surface area contributed by atoms with Gasteiger partial charge in [-0.1, -0.05) is 42.5 Å². The second kappa shape index (κ2) is 10.5. The Morgan fingerprint density at radius 1 is 0.829 bits per heavy atom. The van der Waals surface area contributed by atoms with E-state index in [0.717, 1.165) is 0 Å². The van der Waals surface area contributed by atoms with Crippen LogP contribution < -0.4 is 19.3 Å². The van der Waals surface area contributed by atoms with Crippen molar-refractivity contribution >= 4 is 46.6 Å². The first-order chi connectivity index (χ1) is 16.9. The van der Waals surface area contributed by atoms with Crippen molar-refractivity contribution in [2.24, 2.45) is 0 Å². The maximum Gasteiger partial charge on any atom is 0.270 e. The molecule has 0 spiro atoms. The van der Waals surface area contributed by atoms with E-state index in [9.17, 15) is 9.59 Å². The maximum atomic E-state index is 13.6. The Morgan fingerprint density at radius 3 is 1.86 bits per heavy atom. The van der Waals surface area contributed by atoms with Gasteiger partial charge in [-0.25, -0.2) is 0 Å². The first-order valence-corrected chi connectivity index (χ1v) is 11.8. The van der Waals surface area contributed by atoms with Gasteiger partial charge in [-0.15, -0.1) is 0 Å². The number of carbonyl (C=O) groups is 2. The topological polar surface area (TPSA) is 59.1 Å². The number of anilines is 2. The van der Waals surface area contributed by atoms with E-state index in [1.54, 1.807) is 48.5 Å². The highest BCUT2D eigenvalue weighted by atomic mass is 32.1. The van der Waals surface area contributed by atoms with Crippen LogP contribution in [0.3, 0.4) is 0 Å². The van der Waals surface area contributed by atoms with Gasteiger partial charge in [0.2, 0.25) is 0 Å². The second-order valence-electron chi connectivity index (χ2n) is 8.10. The number of para-hydroxylation sites is 2. The molecule has 0 bridgehead atoms. The minimum absolute atomic E-state index is 0.00807. The third-order valence-corrected chi connectivity index (χ3v) is 5.58. The van der Waals surface area contributed by atoms with Crippen LogP contribution in [0.25, 0.3) is 6.08 Å². The highest BCUT2D eigenvalue weighted by Crippen LogP contribution is 2.33. The molecule has 1 fully saturated rings. The molecule has 1 aliphatic rings. The molecule has 0 aliphatic carbocycles. The maximum absolute atomic E-state index is 13.6. The molecule has 1 aliphatic heterocycles. The average Bonchev–Trinajstić information content (AvgIpc) is 2.84. The van der Waals surface area contributed by atoms with E-state index in [0.29, 0.717) is 35.0 Å². The summed E-state index contributed by atoms with van der Waals surface area (Å²) < 4.78 is 11.6. The van der Waals surface area contributed by atoms with Crippen LogP contribution >= 0.6 is 12.2 Å². The van der Waals surface area contributed by atoms with Crippen LogP contribution in [0.15, 0.2) is 84.4 Å². The molecule has 0 saturated carbocycles. The number of thiocarbonyl (C=S) groups is 1. The summed E-state index contributed by atoms with van der Waals surface area (Å²) in [6, 6.07) is 23.5. The Kier molecular flexibility index (Phi) is 7.27. The van der Waals surface area contributed by atoms with Crippen molar-refractivity contribution in [3.8, 4) is 11.5 Å².